The fraction of sp³-hybridized carbons (Fsp3) is 0.538. The molecule has 0 aliphatic carbocycles. The predicted molar refractivity (Wildman–Crippen MR) is 72.6 cm³/mol. The number of ether oxygens (including phenoxy) is 2. The maximum Gasteiger partial charge on any atom is 0.348 e. The topological polar surface area (TPSA) is 64.6 Å². The normalized spacial score (nSPS) is 18.3. The van der Waals surface area contributed by atoms with E-state index in [9.17, 15) is 9.59 Å². The molecule has 0 saturated carbocycles. The van der Waals surface area contributed by atoms with Gasteiger partial charge in [-0.1, -0.05) is 0 Å². The van der Waals surface area contributed by atoms with Gasteiger partial charge in [-0.05, 0) is 31.9 Å². The standard InChI is InChI=1S/C13H17NO4S/c1-3-18-13(16)11-8(2)6-10(19-11)14-12(15)9-4-5-17-7-9/h6,9H,3-5,7H2,1-2H3,(H,14,15)/t9-/m0/s1. The number of carbonyl (C=O) groups excluding carboxylic acids is 2. The van der Waals surface area contributed by atoms with E-state index in [-0.39, 0.29) is 17.8 Å². The van der Waals surface area contributed by atoms with Crippen LogP contribution < -0.4 is 5.32 Å². The number of amides is 1. The summed E-state index contributed by atoms with van der Waals surface area (Å²) in [6, 6.07) is 1.80. The second-order valence-electron chi connectivity index (χ2n) is 4.39. The van der Waals surface area contributed by atoms with E-state index in [0.717, 1.165) is 12.0 Å². The highest BCUT2D eigenvalue weighted by Crippen LogP contribution is 2.28. The minimum atomic E-state index is -0.338. The van der Waals surface area contributed by atoms with Gasteiger partial charge in [0.15, 0.2) is 0 Å². The maximum atomic E-state index is 11.9. The predicted octanol–water partition coefficient (Wildman–Crippen LogP) is 2.21. The molecule has 0 spiro atoms. The summed E-state index contributed by atoms with van der Waals surface area (Å²) >= 11 is 1.25. The summed E-state index contributed by atoms with van der Waals surface area (Å²) in [7, 11) is 0. The van der Waals surface area contributed by atoms with E-state index >= 15 is 0 Å². The van der Waals surface area contributed by atoms with E-state index < -0.39 is 0 Å². The highest BCUT2D eigenvalue weighted by Gasteiger charge is 2.24. The van der Waals surface area contributed by atoms with Gasteiger partial charge < -0.3 is 14.8 Å². The zero-order chi connectivity index (χ0) is 13.8. The summed E-state index contributed by atoms with van der Waals surface area (Å²) in [6.07, 6.45) is 0.751. The van der Waals surface area contributed by atoms with Crippen molar-refractivity contribution in [2.24, 2.45) is 5.92 Å². The molecule has 2 heterocycles. The molecule has 0 unspecified atom stereocenters. The molecule has 1 fully saturated rings. The van der Waals surface area contributed by atoms with Crippen LogP contribution in [0.3, 0.4) is 0 Å². The van der Waals surface area contributed by atoms with Crippen molar-refractivity contribution in [1.29, 1.82) is 0 Å². The average Bonchev–Trinajstić information content (AvgIpc) is 2.99. The molecule has 1 N–H and O–H groups in total. The number of hydrogen-bond acceptors (Lipinski definition) is 5. The van der Waals surface area contributed by atoms with Gasteiger partial charge in [-0.2, -0.15) is 0 Å². The Labute approximate surface area is 115 Å². The third-order valence-electron chi connectivity index (χ3n) is 2.93. The summed E-state index contributed by atoms with van der Waals surface area (Å²) in [5.74, 6) is -0.475. The Morgan fingerprint density at radius 1 is 1.58 bits per heavy atom. The number of aryl methyl sites for hydroxylation is 1. The van der Waals surface area contributed by atoms with Crippen LogP contribution in [0.2, 0.25) is 0 Å². The Bertz CT molecular complexity index is 477. The fourth-order valence-corrected chi connectivity index (χ4v) is 2.88. The molecule has 0 bridgehead atoms. The first-order chi connectivity index (χ1) is 9.11. The monoisotopic (exact) mass is 283 g/mol. The Kier molecular flexibility index (Phi) is 4.55. The van der Waals surface area contributed by atoms with E-state index in [1.165, 1.54) is 11.3 Å². The number of hydrogen-bond donors (Lipinski definition) is 1. The molecule has 1 atom stereocenters. The molecular formula is C13H17NO4S. The minimum absolute atomic E-state index is 0.0471. The summed E-state index contributed by atoms with van der Waals surface area (Å²) in [4.78, 5) is 24.1. The van der Waals surface area contributed by atoms with Crippen LogP contribution in [0.1, 0.15) is 28.6 Å². The maximum absolute atomic E-state index is 11.9. The minimum Gasteiger partial charge on any atom is -0.462 e. The summed E-state index contributed by atoms with van der Waals surface area (Å²) in [5, 5.41) is 3.51. The van der Waals surface area contributed by atoms with E-state index in [1.807, 2.05) is 6.92 Å². The third kappa shape index (κ3) is 3.33. The quantitative estimate of drug-likeness (QED) is 0.860. The van der Waals surface area contributed by atoms with Gasteiger partial charge in [0.25, 0.3) is 0 Å². The molecule has 0 aromatic carbocycles. The van der Waals surface area contributed by atoms with E-state index in [0.29, 0.717) is 29.7 Å². The lowest BCUT2D eigenvalue weighted by atomic mass is 10.1. The average molecular weight is 283 g/mol. The molecule has 1 amide bonds. The molecule has 1 aliphatic rings. The van der Waals surface area contributed by atoms with Gasteiger partial charge in [0.1, 0.15) is 4.88 Å². The first-order valence-electron chi connectivity index (χ1n) is 6.28. The van der Waals surface area contributed by atoms with Crippen molar-refractivity contribution >= 4 is 28.2 Å². The van der Waals surface area contributed by atoms with Crippen LogP contribution in [-0.4, -0.2) is 31.7 Å². The lowest BCUT2D eigenvalue weighted by Crippen LogP contribution is -2.22. The van der Waals surface area contributed by atoms with Crippen LogP contribution in [-0.2, 0) is 14.3 Å². The molecule has 2 rings (SSSR count). The second-order valence-corrected chi connectivity index (χ2v) is 5.45. The van der Waals surface area contributed by atoms with Crippen molar-refractivity contribution < 1.29 is 19.1 Å². The molecule has 1 aromatic heterocycles. The van der Waals surface area contributed by atoms with Crippen LogP contribution >= 0.6 is 11.3 Å². The highest BCUT2D eigenvalue weighted by molar-refractivity contribution is 7.18. The SMILES string of the molecule is CCOC(=O)c1sc(NC(=O)[C@H]2CCOC2)cc1C. The Balaban J connectivity index is 2.03. The van der Waals surface area contributed by atoms with Crippen molar-refractivity contribution in [2.75, 3.05) is 25.1 Å². The van der Waals surface area contributed by atoms with Crippen LogP contribution in [0.15, 0.2) is 6.07 Å². The van der Waals surface area contributed by atoms with Crippen LogP contribution in [0, 0.1) is 12.8 Å². The van der Waals surface area contributed by atoms with Crippen molar-refractivity contribution in [3.63, 3.8) is 0 Å². The van der Waals surface area contributed by atoms with Gasteiger partial charge in [-0.3, -0.25) is 4.79 Å². The fourth-order valence-electron chi connectivity index (χ4n) is 1.91. The molecule has 19 heavy (non-hydrogen) atoms. The number of thiophene rings is 1. The molecule has 1 saturated heterocycles. The Hall–Kier alpha value is -1.40. The van der Waals surface area contributed by atoms with Crippen LogP contribution in [0.5, 0.6) is 0 Å². The van der Waals surface area contributed by atoms with E-state index in [2.05, 4.69) is 5.32 Å². The molecule has 1 aromatic rings. The molecule has 5 nitrogen and oxygen atoms in total. The second kappa shape index (κ2) is 6.16. The van der Waals surface area contributed by atoms with Crippen molar-refractivity contribution in [3.8, 4) is 0 Å². The van der Waals surface area contributed by atoms with Gasteiger partial charge in [0, 0.05) is 6.61 Å². The lowest BCUT2D eigenvalue weighted by Gasteiger charge is -2.06. The van der Waals surface area contributed by atoms with Gasteiger partial charge in [0.2, 0.25) is 5.91 Å². The van der Waals surface area contributed by atoms with Crippen molar-refractivity contribution in [1.82, 2.24) is 0 Å². The molecule has 0 radical (unpaired) electrons. The lowest BCUT2D eigenvalue weighted by molar-refractivity contribution is -0.119. The molecule has 1 aliphatic heterocycles. The largest absolute Gasteiger partial charge is 0.462 e. The smallest absolute Gasteiger partial charge is 0.348 e. The number of rotatable bonds is 4. The molecular weight excluding hydrogens is 266 g/mol. The number of carbonyl (C=O) groups is 2. The first kappa shape index (κ1) is 14.0. The molecule has 6 heteroatoms. The number of esters is 1. The number of nitrogens with one attached hydrogen (secondary N) is 1. The van der Waals surface area contributed by atoms with Gasteiger partial charge >= 0.3 is 5.97 Å². The zero-order valence-electron chi connectivity index (χ0n) is 11.0. The third-order valence-corrected chi connectivity index (χ3v) is 4.06. The summed E-state index contributed by atoms with van der Waals surface area (Å²) < 4.78 is 10.1. The van der Waals surface area contributed by atoms with E-state index in [1.54, 1.807) is 13.0 Å². The molecule has 104 valence electrons. The zero-order valence-corrected chi connectivity index (χ0v) is 11.8. The summed E-state index contributed by atoms with van der Waals surface area (Å²) in [6.45, 7) is 5.05. The van der Waals surface area contributed by atoms with E-state index in [4.69, 9.17) is 9.47 Å². The summed E-state index contributed by atoms with van der Waals surface area (Å²) in [5.41, 5.74) is 0.821. The van der Waals surface area contributed by atoms with Gasteiger partial charge in [-0.25, -0.2) is 4.79 Å². The van der Waals surface area contributed by atoms with Gasteiger partial charge in [-0.15, -0.1) is 11.3 Å². The van der Waals surface area contributed by atoms with Gasteiger partial charge in [0.05, 0.1) is 24.1 Å². The first-order valence-corrected chi connectivity index (χ1v) is 7.09. The number of anilines is 1. The Morgan fingerprint density at radius 3 is 3.00 bits per heavy atom. The van der Waals surface area contributed by atoms with Crippen molar-refractivity contribution in [2.45, 2.75) is 20.3 Å². The van der Waals surface area contributed by atoms with Crippen LogP contribution in [0.4, 0.5) is 5.00 Å². The van der Waals surface area contributed by atoms with Crippen LogP contribution in [0.25, 0.3) is 0 Å². The van der Waals surface area contributed by atoms with Crippen molar-refractivity contribution in [3.05, 3.63) is 16.5 Å². The Morgan fingerprint density at radius 2 is 2.37 bits per heavy atom. The highest BCUT2D eigenvalue weighted by atomic mass is 32.1.